The lowest BCUT2D eigenvalue weighted by Gasteiger charge is -2.46. The van der Waals surface area contributed by atoms with Gasteiger partial charge in [0.25, 0.3) is 0 Å². The van der Waals surface area contributed by atoms with Crippen molar-refractivity contribution in [2.45, 2.75) is 105 Å². The van der Waals surface area contributed by atoms with Gasteiger partial charge in [-0.2, -0.15) is 0 Å². The van der Waals surface area contributed by atoms with E-state index in [1.165, 1.54) is 77.0 Å². The van der Waals surface area contributed by atoms with E-state index in [1.54, 1.807) is 0 Å². The van der Waals surface area contributed by atoms with Crippen LogP contribution in [0.1, 0.15) is 105 Å². The van der Waals surface area contributed by atoms with E-state index in [2.05, 4.69) is 27.7 Å². The predicted molar refractivity (Wildman–Crippen MR) is 89.9 cm³/mol. The van der Waals surface area contributed by atoms with Crippen LogP contribution in [0.4, 0.5) is 0 Å². The van der Waals surface area contributed by atoms with Gasteiger partial charge in [-0.15, -0.1) is 0 Å². The van der Waals surface area contributed by atoms with Gasteiger partial charge in [-0.1, -0.05) is 53.4 Å². The van der Waals surface area contributed by atoms with Crippen molar-refractivity contribution < 1.29 is 0 Å². The summed E-state index contributed by atoms with van der Waals surface area (Å²) in [6, 6.07) is 0. The van der Waals surface area contributed by atoms with Gasteiger partial charge >= 0.3 is 0 Å². The number of hydrogen-bond donors (Lipinski definition) is 0. The highest BCUT2D eigenvalue weighted by molar-refractivity contribution is 4.90. The smallest absolute Gasteiger partial charge is 0.0302 e. The fourth-order valence-electron chi connectivity index (χ4n) is 5.36. The summed E-state index contributed by atoms with van der Waals surface area (Å²) in [5.41, 5.74) is 1.45. The van der Waals surface area contributed by atoms with Crippen LogP contribution < -0.4 is 0 Å². The maximum Gasteiger partial charge on any atom is -0.0302 e. The van der Waals surface area contributed by atoms with Crippen molar-refractivity contribution in [1.82, 2.24) is 0 Å². The molecule has 0 atom stereocenters. The molecule has 0 amide bonds. The third-order valence-corrected chi connectivity index (χ3v) is 7.85. The highest BCUT2D eigenvalue weighted by Crippen LogP contribution is 2.51. The molecular formula is C20H38. The lowest BCUT2D eigenvalue weighted by Crippen LogP contribution is -2.33. The molecule has 0 N–H and O–H groups in total. The van der Waals surface area contributed by atoms with Crippen molar-refractivity contribution in [3.05, 3.63) is 0 Å². The highest BCUT2D eigenvalue weighted by Gasteiger charge is 2.38. The summed E-state index contributed by atoms with van der Waals surface area (Å²) >= 11 is 0. The first-order chi connectivity index (χ1) is 9.62. The summed E-state index contributed by atoms with van der Waals surface area (Å²) in [5, 5.41) is 0. The summed E-state index contributed by atoms with van der Waals surface area (Å²) in [5.74, 6) is 2.15. The molecule has 2 rings (SSSR count). The highest BCUT2D eigenvalue weighted by atomic mass is 14.4. The van der Waals surface area contributed by atoms with Crippen molar-refractivity contribution in [3.8, 4) is 0 Å². The van der Waals surface area contributed by atoms with Crippen molar-refractivity contribution in [2.75, 3.05) is 0 Å². The molecule has 20 heavy (non-hydrogen) atoms. The Kier molecular flexibility index (Phi) is 5.60. The Balaban J connectivity index is 1.84. The van der Waals surface area contributed by atoms with E-state index in [-0.39, 0.29) is 0 Å². The molecule has 0 aliphatic heterocycles. The Labute approximate surface area is 128 Å². The van der Waals surface area contributed by atoms with Gasteiger partial charge in [0.1, 0.15) is 0 Å². The summed E-state index contributed by atoms with van der Waals surface area (Å²) in [4.78, 5) is 0. The molecule has 0 bridgehead atoms. The fraction of sp³-hybridized carbons (Fsp3) is 1.00. The quantitative estimate of drug-likeness (QED) is 0.509. The van der Waals surface area contributed by atoms with E-state index in [1.807, 2.05) is 0 Å². The summed E-state index contributed by atoms with van der Waals surface area (Å²) < 4.78 is 0. The Morgan fingerprint density at radius 3 is 1.00 bits per heavy atom. The molecule has 0 unspecified atom stereocenters. The van der Waals surface area contributed by atoms with Crippen LogP contribution in [-0.2, 0) is 0 Å². The molecule has 0 aromatic carbocycles. The van der Waals surface area contributed by atoms with E-state index in [0.29, 0.717) is 0 Å². The molecule has 0 heterocycles. The average molecular weight is 279 g/mol. The van der Waals surface area contributed by atoms with Gasteiger partial charge in [0.15, 0.2) is 0 Å². The molecule has 2 fully saturated rings. The van der Waals surface area contributed by atoms with Gasteiger partial charge in [0.2, 0.25) is 0 Å². The third-order valence-electron chi connectivity index (χ3n) is 7.85. The van der Waals surface area contributed by atoms with Gasteiger partial charge in [-0.3, -0.25) is 0 Å². The lowest BCUT2D eigenvalue weighted by molar-refractivity contribution is 0.0593. The summed E-state index contributed by atoms with van der Waals surface area (Å²) in [6.07, 6.45) is 17.9. The van der Waals surface area contributed by atoms with Gasteiger partial charge in [-0.25, -0.2) is 0 Å². The molecule has 0 radical (unpaired) electrons. The van der Waals surface area contributed by atoms with Crippen LogP contribution in [0.2, 0.25) is 0 Å². The Bertz CT molecular complexity index is 232. The second-order valence-corrected chi connectivity index (χ2v) is 8.09. The SMILES string of the molecule is CCC1(CC)CCC(C2CCC(CC)(CC)CC2)CC1. The van der Waals surface area contributed by atoms with Crippen LogP contribution in [0, 0.1) is 22.7 Å². The predicted octanol–water partition coefficient (Wildman–Crippen LogP) is 6.98. The Hall–Kier alpha value is 0. The van der Waals surface area contributed by atoms with Gasteiger partial charge in [0.05, 0.1) is 0 Å². The minimum Gasteiger partial charge on any atom is -0.0649 e. The number of rotatable bonds is 5. The van der Waals surface area contributed by atoms with Crippen LogP contribution in [0.5, 0.6) is 0 Å². The molecular weight excluding hydrogens is 240 g/mol. The minimum absolute atomic E-state index is 0.724. The van der Waals surface area contributed by atoms with Crippen molar-refractivity contribution >= 4 is 0 Å². The zero-order valence-corrected chi connectivity index (χ0v) is 14.6. The fourth-order valence-corrected chi connectivity index (χ4v) is 5.36. The van der Waals surface area contributed by atoms with Crippen molar-refractivity contribution in [1.29, 1.82) is 0 Å². The lowest BCUT2D eigenvalue weighted by atomic mass is 9.60. The van der Waals surface area contributed by atoms with Crippen molar-refractivity contribution in [2.24, 2.45) is 22.7 Å². The minimum atomic E-state index is 0.724. The molecule has 0 saturated heterocycles. The monoisotopic (exact) mass is 278 g/mol. The zero-order chi connectivity index (χ0) is 14.6. The standard InChI is InChI=1S/C20H38/c1-5-19(6-2)13-9-17(10-14-19)18-11-15-20(7-3,8-4)16-12-18/h17-18H,5-16H2,1-4H3. The molecule has 0 nitrogen and oxygen atoms in total. The second kappa shape index (κ2) is 6.84. The maximum atomic E-state index is 2.42. The van der Waals surface area contributed by atoms with Crippen LogP contribution in [-0.4, -0.2) is 0 Å². The molecule has 118 valence electrons. The van der Waals surface area contributed by atoms with Crippen molar-refractivity contribution in [3.63, 3.8) is 0 Å². The van der Waals surface area contributed by atoms with Gasteiger partial charge < -0.3 is 0 Å². The van der Waals surface area contributed by atoms with Crippen LogP contribution in [0.3, 0.4) is 0 Å². The summed E-state index contributed by atoms with van der Waals surface area (Å²) in [7, 11) is 0. The molecule has 2 saturated carbocycles. The maximum absolute atomic E-state index is 2.42. The van der Waals surface area contributed by atoms with Gasteiger partial charge in [-0.05, 0) is 74.0 Å². The first-order valence-electron chi connectivity index (χ1n) is 9.62. The second-order valence-electron chi connectivity index (χ2n) is 8.09. The zero-order valence-electron chi connectivity index (χ0n) is 14.6. The molecule has 0 aromatic heterocycles. The number of hydrogen-bond acceptors (Lipinski definition) is 0. The molecule has 0 heteroatoms. The summed E-state index contributed by atoms with van der Waals surface area (Å²) in [6.45, 7) is 9.67. The topological polar surface area (TPSA) is 0 Å². The van der Waals surface area contributed by atoms with Crippen LogP contribution in [0.25, 0.3) is 0 Å². The van der Waals surface area contributed by atoms with E-state index >= 15 is 0 Å². The first-order valence-corrected chi connectivity index (χ1v) is 9.62. The Morgan fingerprint density at radius 2 is 0.800 bits per heavy atom. The molecule has 0 spiro atoms. The van der Waals surface area contributed by atoms with Gasteiger partial charge in [0, 0.05) is 0 Å². The van der Waals surface area contributed by atoms with Crippen LogP contribution >= 0.6 is 0 Å². The van der Waals surface area contributed by atoms with E-state index < -0.39 is 0 Å². The molecule has 2 aliphatic rings. The molecule has 2 aliphatic carbocycles. The van der Waals surface area contributed by atoms with E-state index in [9.17, 15) is 0 Å². The van der Waals surface area contributed by atoms with E-state index in [0.717, 1.165) is 22.7 Å². The van der Waals surface area contributed by atoms with E-state index in [4.69, 9.17) is 0 Å². The Morgan fingerprint density at radius 1 is 0.550 bits per heavy atom. The largest absolute Gasteiger partial charge is 0.0649 e. The molecule has 0 aromatic rings. The normalized spacial score (nSPS) is 27.6. The average Bonchev–Trinajstić information content (AvgIpc) is 2.55. The first kappa shape index (κ1) is 16.4. The van der Waals surface area contributed by atoms with Crippen LogP contribution in [0.15, 0.2) is 0 Å². The third kappa shape index (κ3) is 3.25.